The van der Waals surface area contributed by atoms with Crippen LogP contribution in [0.4, 0.5) is 16.3 Å². The number of carbonyl (C=O) groups excluding carboxylic acids is 1. The number of hydrogen-bond acceptors (Lipinski definition) is 6. The Morgan fingerprint density at radius 2 is 2.14 bits per heavy atom. The van der Waals surface area contributed by atoms with Crippen LogP contribution in [0, 0.1) is 0 Å². The number of morpholine rings is 1. The average molecular weight is 379 g/mol. The molecule has 4 heterocycles. The molecule has 3 N–H and O–H groups in total. The van der Waals surface area contributed by atoms with Gasteiger partial charge in [0.15, 0.2) is 0 Å². The van der Waals surface area contributed by atoms with Gasteiger partial charge in [-0.25, -0.2) is 0 Å². The number of hydrogen-bond donors (Lipinski definition) is 3. The van der Waals surface area contributed by atoms with Crippen molar-refractivity contribution in [3.63, 3.8) is 0 Å². The van der Waals surface area contributed by atoms with E-state index >= 15 is 0 Å². The molecule has 0 saturated carbocycles. The summed E-state index contributed by atoms with van der Waals surface area (Å²) in [4.78, 5) is 22.8. The number of aliphatic hydroxyl groups is 1. The molecule has 1 fully saturated rings. The summed E-state index contributed by atoms with van der Waals surface area (Å²) in [5, 5.41) is 16.0. The third kappa shape index (κ3) is 3.70. The van der Waals surface area contributed by atoms with E-state index in [0.29, 0.717) is 31.0 Å². The molecular weight excluding hydrogens is 357 g/mol. The number of nitrogens with zero attached hydrogens (tertiary/aromatic N) is 3. The van der Waals surface area contributed by atoms with E-state index in [4.69, 9.17) is 4.74 Å². The summed E-state index contributed by atoms with van der Waals surface area (Å²) in [5.74, 6) is 0.472. The van der Waals surface area contributed by atoms with Crippen LogP contribution in [0.2, 0.25) is 0 Å². The van der Waals surface area contributed by atoms with E-state index in [0.717, 1.165) is 16.8 Å². The number of urea groups is 1. The molecule has 9 heteroatoms. The van der Waals surface area contributed by atoms with Crippen molar-refractivity contribution >= 4 is 30.1 Å². The van der Waals surface area contributed by atoms with Gasteiger partial charge in [-0.05, 0) is 0 Å². The van der Waals surface area contributed by atoms with Crippen molar-refractivity contribution in [1.82, 2.24) is 15.3 Å². The zero-order valence-electron chi connectivity index (χ0n) is 15.8. The summed E-state index contributed by atoms with van der Waals surface area (Å²) in [6.45, 7) is 7.40. The maximum atomic E-state index is 11.9. The summed E-state index contributed by atoms with van der Waals surface area (Å²) in [7, 11) is 0. The Bertz CT molecular complexity index is 936. The van der Waals surface area contributed by atoms with Crippen molar-refractivity contribution in [2.45, 2.75) is 26.0 Å². The minimum absolute atomic E-state index is 0.0143. The van der Waals surface area contributed by atoms with Gasteiger partial charge in [0.05, 0.1) is 0 Å². The minimum atomic E-state index is -0.292. The summed E-state index contributed by atoms with van der Waals surface area (Å²) in [6.07, 6.45) is 5.09. The molecule has 0 unspecified atom stereocenters. The molecule has 1 saturated heterocycles. The molecule has 2 aliphatic rings. The number of anilines is 2. The summed E-state index contributed by atoms with van der Waals surface area (Å²) >= 11 is 0. The topological polar surface area (TPSA) is 99.6 Å². The van der Waals surface area contributed by atoms with Crippen LogP contribution < -0.4 is 15.5 Å². The zero-order valence-corrected chi connectivity index (χ0v) is 15.8. The molecule has 0 radical (unpaired) electrons. The number of fused-ring (bicyclic) bond motifs is 7. The second kappa shape index (κ2) is 7.59. The molecule has 28 heavy (non-hydrogen) atoms. The molecular formula is C19H22BN5O3. The molecule has 0 aliphatic carbocycles. The number of carbonyl (C=O) groups is 1. The first-order valence-electron chi connectivity index (χ1n) is 9.35. The van der Waals surface area contributed by atoms with Crippen molar-refractivity contribution in [2.75, 3.05) is 29.9 Å². The van der Waals surface area contributed by atoms with Gasteiger partial charge >= 0.3 is 163 Å². The predicted molar refractivity (Wildman–Crippen MR) is 109 cm³/mol. The molecule has 4 bridgehead atoms. The van der Waals surface area contributed by atoms with Crippen molar-refractivity contribution in [3.05, 3.63) is 36.3 Å². The number of nitrogens with one attached hydrogen (secondary N) is 2. The summed E-state index contributed by atoms with van der Waals surface area (Å²) in [6, 6.07) is 3.20. The Labute approximate surface area is 163 Å². The Balaban J connectivity index is 1.82. The first-order chi connectivity index (χ1) is 13.5. The van der Waals surface area contributed by atoms with Crippen molar-refractivity contribution in [3.8, 4) is 11.1 Å². The van der Waals surface area contributed by atoms with Gasteiger partial charge in [-0.1, -0.05) is 0 Å². The van der Waals surface area contributed by atoms with Gasteiger partial charge in [0.25, 0.3) is 0 Å². The quantitative estimate of drug-likeness (QED) is 0.683. The van der Waals surface area contributed by atoms with Gasteiger partial charge in [0.2, 0.25) is 0 Å². The fourth-order valence-electron chi connectivity index (χ4n) is 3.59. The van der Waals surface area contributed by atoms with Crippen LogP contribution in [0.3, 0.4) is 0 Å². The number of rotatable bonds is 2. The number of pyridine rings is 2. The zero-order chi connectivity index (χ0) is 19.7. The summed E-state index contributed by atoms with van der Waals surface area (Å²) < 4.78 is 5.98. The van der Waals surface area contributed by atoms with Crippen molar-refractivity contribution in [1.29, 1.82) is 0 Å². The molecule has 144 valence electrons. The van der Waals surface area contributed by atoms with Crippen molar-refractivity contribution < 1.29 is 14.6 Å². The molecule has 0 spiro atoms. The Morgan fingerprint density at radius 3 is 2.96 bits per heavy atom. The second-order valence-electron chi connectivity index (χ2n) is 6.98. The molecule has 2 atom stereocenters. The maximum absolute atomic E-state index is 11.9. The molecule has 2 aromatic rings. The molecule has 4 rings (SSSR count). The molecule has 2 amide bonds. The van der Waals surface area contributed by atoms with E-state index in [1.807, 2.05) is 26.0 Å². The fourth-order valence-corrected chi connectivity index (χ4v) is 3.59. The Morgan fingerprint density at radius 1 is 1.32 bits per heavy atom. The standard InChI is InChI=1S/C19H22BN5O3/c1-3-22-19(27)24-17-5-15-14(8-23-17)12-4-13(7-21-6-12)18(26)20-16-10-25(15)9-11(2)28-16/h4-8,11,16,26H,3,9-10H2,1-2H3,(H2,22,23,24,27)/t11-,16-/m0/s1. The fraction of sp³-hybridized carbons (Fsp3) is 0.368. The van der Waals surface area contributed by atoms with E-state index in [-0.39, 0.29) is 23.8 Å². The monoisotopic (exact) mass is 379 g/mol. The van der Waals surface area contributed by atoms with Crippen LogP contribution >= 0.6 is 0 Å². The SMILES string of the molecule is CCNC(=O)Nc1cc2c(cn1)-c1cncc(c1)/C(O)=B\[C@@H]1CN2C[C@H](C)O1. The van der Waals surface area contributed by atoms with Crippen LogP contribution in [-0.2, 0) is 4.74 Å². The Hall–Kier alpha value is -2.94. The van der Waals surface area contributed by atoms with E-state index < -0.39 is 0 Å². The van der Waals surface area contributed by atoms with Crippen LogP contribution in [0.5, 0.6) is 0 Å². The van der Waals surface area contributed by atoms with Gasteiger partial charge in [0, 0.05) is 0 Å². The number of aliphatic hydroxyl groups excluding tert-OH is 1. The summed E-state index contributed by atoms with van der Waals surface area (Å²) in [5.41, 5.74) is 3.46. The van der Waals surface area contributed by atoms with Crippen LogP contribution in [-0.4, -0.2) is 65.4 Å². The Kier molecular flexibility index (Phi) is 5.00. The first-order valence-corrected chi connectivity index (χ1v) is 9.35. The van der Waals surface area contributed by atoms with Gasteiger partial charge in [-0.15, -0.1) is 0 Å². The van der Waals surface area contributed by atoms with Crippen LogP contribution in [0.15, 0.2) is 30.7 Å². The van der Waals surface area contributed by atoms with E-state index in [2.05, 4.69) is 25.5 Å². The van der Waals surface area contributed by atoms with Gasteiger partial charge in [0.1, 0.15) is 0 Å². The average Bonchev–Trinajstić information content (AvgIpc) is 2.67. The molecule has 0 aromatic carbocycles. The molecule has 2 aliphatic heterocycles. The number of aromatic nitrogens is 2. The van der Waals surface area contributed by atoms with E-state index in [1.54, 1.807) is 25.5 Å². The molecule has 2 aromatic heterocycles. The van der Waals surface area contributed by atoms with Crippen LogP contribution in [0.25, 0.3) is 11.1 Å². The molecule has 8 nitrogen and oxygen atoms in total. The number of ether oxygens (including phenoxy) is 1. The van der Waals surface area contributed by atoms with Gasteiger partial charge in [-0.2, -0.15) is 0 Å². The normalized spacial score (nSPS) is 21.9. The third-order valence-corrected chi connectivity index (χ3v) is 4.78. The third-order valence-electron chi connectivity index (χ3n) is 4.78. The van der Waals surface area contributed by atoms with Crippen LogP contribution in [0.1, 0.15) is 19.4 Å². The van der Waals surface area contributed by atoms with Gasteiger partial charge < -0.3 is 0 Å². The van der Waals surface area contributed by atoms with E-state index in [9.17, 15) is 9.90 Å². The van der Waals surface area contributed by atoms with Gasteiger partial charge in [-0.3, -0.25) is 0 Å². The predicted octanol–water partition coefficient (Wildman–Crippen LogP) is 1.40. The number of amides is 2. The van der Waals surface area contributed by atoms with Crippen molar-refractivity contribution in [2.24, 2.45) is 0 Å². The second-order valence-corrected chi connectivity index (χ2v) is 6.98. The first kappa shape index (κ1) is 18.4. The van der Waals surface area contributed by atoms with E-state index in [1.165, 1.54) is 0 Å².